The molecule has 0 N–H and O–H groups in total. The quantitative estimate of drug-likeness (QED) is 0.695. The van der Waals surface area contributed by atoms with Gasteiger partial charge in [-0.1, -0.05) is 11.6 Å². The fraction of sp³-hybridized carbons (Fsp3) is 0.333. The van der Waals surface area contributed by atoms with E-state index in [2.05, 4.69) is 0 Å². The van der Waals surface area contributed by atoms with E-state index in [1.807, 2.05) is 31.4 Å². The van der Waals surface area contributed by atoms with E-state index >= 15 is 0 Å². The minimum atomic E-state index is 0.650. The van der Waals surface area contributed by atoms with Crippen LogP contribution < -0.4 is 4.74 Å². The van der Waals surface area contributed by atoms with Gasteiger partial charge >= 0.3 is 0 Å². The third-order valence-electron chi connectivity index (χ3n) is 1.44. The van der Waals surface area contributed by atoms with E-state index in [1.165, 1.54) is 4.90 Å². The number of thioether (sulfide) groups is 1. The minimum absolute atomic E-state index is 0.650. The average molecular weight is 203 g/mol. The maximum atomic E-state index is 5.90. The third-order valence-corrected chi connectivity index (χ3v) is 2.48. The van der Waals surface area contributed by atoms with Crippen molar-refractivity contribution in [3.8, 4) is 5.75 Å². The number of benzene rings is 1. The normalized spacial score (nSPS) is 9.92. The first-order chi connectivity index (χ1) is 5.77. The zero-order chi connectivity index (χ0) is 8.97. The predicted molar refractivity (Wildman–Crippen MR) is 54.4 cm³/mol. The van der Waals surface area contributed by atoms with Crippen LogP contribution in [-0.4, -0.2) is 12.9 Å². The maximum Gasteiger partial charge on any atom is 0.138 e. The molecule has 0 heterocycles. The first-order valence-corrected chi connectivity index (χ1v) is 5.34. The topological polar surface area (TPSA) is 9.23 Å². The van der Waals surface area contributed by atoms with Crippen molar-refractivity contribution < 1.29 is 4.74 Å². The van der Waals surface area contributed by atoms with Crippen LogP contribution in [0.2, 0.25) is 5.02 Å². The number of hydrogen-bond acceptors (Lipinski definition) is 2. The first kappa shape index (κ1) is 9.75. The van der Waals surface area contributed by atoms with Gasteiger partial charge in [0.15, 0.2) is 0 Å². The summed E-state index contributed by atoms with van der Waals surface area (Å²) in [5, 5.41) is 0.676. The van der Waals surface area contributed by atoms with Gasteiger partial charge in [0.05, 0.1) is 11.6 Å². The Morgan fingerprint density at radius 2 is 2.25 bits per heavy atom. The second kappa shape index (κ2) is 4.63. The van der Waals surface area contributed by atoms with Crippen molar-refractivity contribution in [2.75, 3.05) is 12.9 Å². The Hall–Kier alpha value is -0.340. The summed E-state index contributed by atoms with van der Waals surface area (Å²) in [4.78, 5) is 1.17. The highest BCUT2D eigenvalue weighted by molar-refractivity contribution is 7.98. The van der Waals surface area contributed by atoms with Crippen LogP contribution in [0.3, 0.4) is 0 Å². The van der Waals surface area contributed by atoms with Crippen molar-refractivity contribution >= 4 is 23.4 Å². The van der Waals surface area contributed by atoms with Gasteiger partial charge in [0.25, 0.3) is 0 Å². The Morgan fingerprint density at radius 3 is 2.83 bits per heavy atom. The molecule has 0 aliphatic heterocycles. The largest absolute Gasteiger partial charge is 0.492 e. The summed E-state index contributed by atoms with van der Waals surface area (Å²) in [5.41, 5.74) is 0. The maximum absolute atomic E-state index is 5.90. The predicted octanol–water partition coefficient (Wildman–Crippen LogP) is 3.46. The minimum Gasteiger partial charge on any atom is -0.492 e. The number of rotatable bonds is 3. The summed E-state index contributed by atoms with van der Waals surface area (Å²) in [6, 6.07) is 5.80. The van der Waals surface area contributed by atoms with Crippen LogP contribution in [-0.2, 0) is 0 Å². The molecule has 1 nitrogen and oxygen atoms in total. The van der Waals surface area contributed by atoms with Gasteiger partial charge in [-0.3, -0.25) is 0 Å². The zero-order valence-electron chi connectivity index (χ0n) is 7.13. The lowest BCUT2D eigenvalue weighted by Gasteiger charge is -2.06. The van der Waals surface area contributed by atoms with Crippen molar-refractivity contribution in [2.24, 2.45) is 0 Å². The Bertz CT molecular complexity index is 263. The Labute approximate surface area is 82.1 Å². The monoisotopic (exact) mass is 202 g/mol. The lowest BCUT2D eigenvalue weighted by molar-refractivity contribution is 0.339. The molecule has 0 aliphatic carbocycles. The van der Waals surface area contributed by atoms with Gasteiger partial charge in [0, 0.05) is 4.90 Å². The molecule has 0 fully saturated rings. The number of ether oxygens (including phenoxy) is 1. The van der Waals surface area contributed by atoms with Gasteiger partial charge in [-0.15, -0.1) is 11.8 Å². The van der Waals surface area contributed by atoms with E-state index in [9.17, 15) is 0 Å². The molecule has 0 saturated heterocycles. The summed E-state index contributed by atoms with van der Waals surface area (Å²) in [7, 11) is 0. The molecular weight excluding hydrogens is 192 g/mol. The van der Waals surface area contributed by atoms with Gasteiger partial charge in [0.2, 0.25) is 0 Å². The molecule has 66 valence electrons. The Kier molecular flexibility index (Phi) is 3.76. The molecule has 0 bridgehead atoms. The fourth-order valence-corrected chi connectivity index (χ4v) is 1.48. The molecule has 0 atom stereocenters. The van der Waals surface area contributed by atoms with E-state index in [0.29, 0.717) is 11.6 Å². The van der Waals surface area contributed by atoms with Crippen molar-refractivity contribution in [2.45, 2.75) is 11.8 Å². The molecule has 0 spiro atoms. The molecule has 1 aromatic rings. The van der Waals surface area contributed by atoms with Gasteiger partial charge in [-0.2, -0.15) is 0 Å². The molecule has 1 aromatic carbocycles. The van der Waals surface area contributed by atoms with Crippen LogP contribution in [0.1, 0.15) is 6.92 Å². The molecule has 1 rings (SSSR count). The van der Waals surface area contributed by atoms with Crippen LogP contribution in [0.25, 0.3) is 0 Å². The van der Waals surface area contributed by atoms with Crippen LogP contribution >= 0.6 is 23.4 Å². The fourth-order valence-electron chi connectivity index (χ4n) is 0.877. The van der Waals surface area contributed by atoms with Gasteiger partial charge in [-0.25, -0.2) is 0 Å². The second-order valence-electron chi connectivity index (χ2n) is 2.23. The summed E-state index contributed by atoms with van der Waals surface area (Å²) in [6.07, 6.45) is 2.03. The summed E-state index contributed by atoms with van der Waals surface area (Å²) in [5.74, 6) is 0.769. The lowest BCUT2D eigenvalue weighted by Crippen LogP contribution is -1.91. The molecular formula is C9H11ClOS. The van der Waals surface area contributed by atoms with E-state index < -0.39 is 0 Å². The summed E-state index contributed by atoms with van der Waals surface area (Å²) in [6.45, 7) is 2.60. The van der Waals surface area contributed by atoms with Gasteiger partial charge in [-0.05, 0) is 31.4 Å². The molecule has 0 aromatic heterocycles. The van der Waals surface area contributed by atoms with E-state index in [4.69, 9.17) is 16.3 Å². The highest BCUT2D eigenvalue weighted by Gasteiger charge is 2.00. The lowest BCUT2D eigenvalue weighted by atomic mass is 10.3. The zero-order valence-corrected chi connectivity index (χ0v) is 8.71. The second-order valence-corrected chi connectivity index (χ2v) is 3.52. The van der Waals surface area contributed by atoms with Crippen LogP contribution in [0.4, 0.5) is 0 Å². The molecule has 3 heteroatoms. The van der Waals surface area contributed by atoms with E-state index in [1.54, 1.807) is 11.8 Å². The molecule has 0 saturated carbocycles. The Morgan fingerprint density at radius 1 is 1.50 bits per heavy atom. The SMILES string of the molecule is CCOc1cc(SC)ccc1Cl. The average Bonchev–Trinajstić information content (AvgIpc) is 2.09. The number of halogens is 1. The molecule has 12 heavy (non-hydrogen) atoms. The van der Waals surface area contributed by atoms with Crippen molar-refractivity contribution in [3.63, 3.8) is 0 Å². The van der Waals surface area contributed by atoms with E-state index in [-0.39, 0.29) is 0 Å². The third kappa shape index (κ3) is 2.32. The van der Waals surface area contributed by atoms with Crippen LogP contribution in [0.5, 0.6) is 5.75 Å². The summed E-state index contributed by atoms with van der Waals surface area (Å²) >= 11 is 7.58. The number of hydrogen-bond donors (Lipinski definition) is 0. The molecule has 0 amide bonds. The van der Waals surface area contributed by atoms with Crippen LogP contribution in [0.15, 0.2) is 23.1 Å². The first-order valence-electron chi connectivity index (χ1n) is 3.74. The molecule has 0 unspecified atom stereocenters. The highest BCUT2D eigenvalue weighted by Crippen LogP contribution is 2.28. The van der Waals surface area contributed by atoms with Gasteiger partial charge in [0.1, 0.15) is 5.75 Å². The Balaban J connectivity index is 2.91. The standard InChI is InChI=1S/C9H11ClOS/c1-3-11-9-6-7(12-2)4-5-8(9)10/h4-6H,3H2,1-2H3. The van der Waals surface area contributed by atoms with Gasteiger partial charge < -0.3 is 4.74 Å². The van der Waals surface area contributed by atoms with Crippen molar-refractivity contribution in [1.82, 2.24) is 0 Å². The van der Waals surface area contributed by atoms with Crippen LogP contribution in [0, 0.1) is 0 Å². The molecule has 0 aliphatic rings. The molecule has 0 radical (unpaired) electrons. The highest BCUT2D eigenvalue weighted by atomic mass is 35.5. The van der Waals surface area contributed by atoms with E-state index in [0.717, 1.165) is 5.75 Å². The smallest absolute Gasteiger partial charge is 0.138 e. The van der Waals surface area contributed by atoms with Crippen molar-refractivity contribution in [1.29, 1.82) is 0 Å². The summed E-state index contributed by atoms with van der Waals surface area (Å²) < 4.78 is 5.33. The van der Waals surface area contributed by atoms with Crippen molar-refractivity contribution in [3.05, 3.63) is 23.2 Å².